The van der Waals surface area contributed by atoms with Crippen LogP contribution in [0.1, 0.15) is 60.8 Å². The van der Waals surface area contributed by atoms with Crippen LogP contribution in [0.2, 0.25) is 10.1 Å². The van der Waals surface area contributed by atoms with Crippen molar-refractivity contribution >= 4 is 43.4 Å². The van der Waals surface area contributed by atoms with Gasteiger partial charge in [0.2, 0.25) is 0 Å². The van der Waals surface area contributed by atoms with Crippen LogP contribution in [-0.4, -0.2) is 52.6 Å². The lowest BCUT2D eigenvalue weighted by molar-refractivity contribution is -0.146. The summed E-state index contributed by atoms with van der Waals surface area (Å²) >= 11 is 0. The number of esters is 1. The number of hydrogen-bond acceptors (Lipinski definition) is 5. The maximum Gasteiger partial charge on any atom is 0.308 e. The molecule has 47 heavy (non-hydrogen) atoms. The molecular formula is C40H50O5Si2. The molecule has 1 fully saturated rings. The largest absolute Gasteiger partial charge is 0.457 e. The van der Waals surface area contributed by atoms with Crippen molar-refractivity contribution in [3.63, 3.8) is 0 Å². The molecule has 1 heterocycles. The second kappa shape index (κ2) is 14.4. The topological polar surface area (TPSA) is 65.0 Å². The first-order chi connectivity index (χ1) is 22.4. The number of aliphatic hydroxyl groups excluding tert-OH is 1. The van der Waals surface area contributed by atoms with Crippen molar-refractivity contribution in [1.82, 2.24) is 0 Å². The summed E-state index contributed by atoms with van der Waals surface area (Å²) in [5, 5.41) is 15.9. The Morgan fingerprint density at radius 1 is 0.681 bits per heavy atom. The summed E-state index contributed by atoms with van der Waals surface area (Å²) in [7, 11) is -5.64. The Morgan fingerprint density at radius 2 is 1.06 bits per heavy atom. The lowest BCUT2D eigenvalue weighted by Gasteiger charge is -2.45. The quantitative estimate of drug-likeness (QED) is 0.115. The Kier molecular flexibility index (Phi) is 10.7. The first-order valence-electron chi connectivity index (χ1n) is 16.8. The van der Waals surface area contributed by atoms with E-state index in [4.69, 9.17) is 13.6 Å². The Labute approximate surface area is 283 Å². The van der Waals surface area contributed by atoms with Crippen LogP contribution in [0.15, 0.2) is 121 Å². The van der Waals surface area contributed by atoms with E-state index < -0.39 is 34.9 Å². The van der Waals surface area contributed by atoms with Crippen molar-refractivity contribution in [3.05, 3.63) is 121 Å². The highest BCUT2D eigenvalue weighted by molar-refractivity contribution is 7.00. The van der Waals surface area contributed by atoms with Crippen LogP contribution in [0.25, 0.3) is 0 Å². The average molecular weight is 667 g/mol. The van der Waals surface area contributed by atoms with Crippen LogP contribution < -0.4 is 20.7 Å². The van der Waals surface area contributed by atoms with Crippen molar-refractivity contribution < 1.29 is 23.5 Å². The Hall–Kier alpha value is -3.34. The van der Waals surface area contributed by atoms with Gasteiger partial charge in [0.05, 0.1) is 18.6 Å². The molecule has 0 aliphatic carbocycles. The third kappa shape index (κ3) is 7.10. The molecule has 0 spiro atoms. The molecular weight excluding hydrogens is 617 g/mol. The van der Waals surface area contributed by atoms with Crippen LogP contribution in [-0.2, 0) is 18.4 Å². The highest BCUT2D eigenvalue weighted by atomic mass is 28.4. The normalized spacial score (nSPS) is 18.1. The fourth-order valence-electron chi connectivity index (χ4n) is 7.35. The second-order valence-electron chi connectivity index (χ2n) is 14.7. The molecule has 3 atom stereocenters. The van der Waals surface area contributed by atoms with E-state index in [2.05, 4.69) is 114 Å². The van der Waals surface area contributed by atoms with E-state index in [9.17, 15) is 9.90 Å². The summed E-state index contributed by atoms with van der Waals surface area (Å²) in [6, 6.07) is 41.9. The van der Waals surface area contributed by atoms with Gasteiger partial charge in [-0.05, 0) is 43.7 Å². The number of carbonyl (C=O) groups excluding carboxylic acids is 1. The summed E-state index contributed by atoms with van der Waals surface area (Å²) in [5.41, 5.74) is 0. The molecule has 0 amide bonds. The zero-order chi connectivity index (χ0) is 33.7. The number of aliphatic hydroxyl groups is 1. The van der Waals surface area contributed by atoms with Gasteiger partial charge >= 0.3 is 5.97 Å². The maximum atomic E-state index is 12.8. The third-order valence-corrected chi connectivity index (χ3v) is 19.6. The molecule has 7 heteroatoms. The summed E-state index contributed by atoms with van der Waals surface area (Å²) < 4.78 is 20.2. The molecule has 4 aromatic rings. The molecule has 4 aromatic carbocycles. The van der Waals surface area contributed by atoms with Gasteiger partial charge in [0.1, 0.15) is 0 Å². The lowest BCUT2D eigenvalue weighted by atomic mass is 10.0. The second-order valence-corrected chi connectivity index (χ2v) is 23.3. The number of ether oxygens (including phenoxy) is 1. The van der Waals surface area contributed by atoms with E-state index in [1.54, 1.807) is 0 Å². The van der Waals surface area contributed by atoms with Crippen molar-refractivity contribution in [2.24, 2.45) is 0 Å². The number of cyclic esters (lactones) is 1. The smallest absolute Gasteiger partial charge is 0.308 e. The van der Waals surface area contributed by atoms with Gasteiger partial charge < -0.3 is 18.7 Å². The summed E-state index contributed by atoms with van der Waals surface area (Å²) in [5.74, 6) is -0.333. The average Bonchev–Trinajstić information content (AvgIpc) is 3.43. The molecule has 1 N–H and O–H groups in total. The van der Waals surface area contributed by atoms with Crippen LogP contribution in [0, 0.1) is 0 Å². The monoisotopic (exact) mass is 666 g/mol. The van der Waals surface area contributed by atoms with E-state index in [-0.39, 0.29) is 22.5 Å². The zero-order valence-corrected chi connectivity index (χ0v) is 30.7. The van der Waals surface area contributed by atoms with Crippen molar-refractivity contribution in [1.29, 1.82) is 0 Å². The molecule has 0 saturated carbocycles. The Bertz CT molecular complexity index is 1490. The first-order valence-corrected chi connectivity index (χ1v) is 20.6. The number of rotatable bonds is 12. The van der Waals surface area contributed by atoms with E-state index in [1.165, 1.54) is 10.4 Å². The molecule has 1 aliphatic rings. The molecule has 1 saturated heterocycles. The van der Waals surface area contributed by atoms with E-state index in [1.807, 2.05) is 48.5 Å². The van der Waals surface area contributed by atoms with Gasteiger partial charge in [-0.3, -0.25) is 4.79 Å². The highest BCUT2D eigenvalue weighted by Gasteiger charge is 2.55. The van der Waals surface area contributed by atoms with Gasteiger partial charge in [-0.1, -0.05) is 163 Å². The molecule has 0 radical (unpaired) electrons. The van der Waals surface area contributed by atoms with Gasteiger partial charge in [-0.25, -0.2) is 0 Å². The van der Waals surface area contributed by atoms with Gasteiger partial charge in [0.25, 0.3) is 16.6 Å². The molecule has 5 nitrogen and oxygen atoms in total. The summed E-state index contributed by atoms with van der Waals surface area (Å²) in [4.78, 5) is 12.8. The maximum absolute atomic E-state index is 12.8. The van der Waals surface area contributed by atoms with Gasteiger partial charge in [0.15, 0.2) is 6.10 Å². The molecule has 0 aromatic heterocycles. The van der Waals surface area contributed by atoms with E-state index in [0.29, 0.717) is 19.4 Å². The van der Waals surface area contributed by atoms with Gasteiger partial charge in [-0.15, -0.1) is 0 Å². The standard InChI is InChI=1S/C40H50O5Si2/c1-39(2,3)46(31-20-11-7-12-21-31,32-22-13-8-14-23-32)43-29-19-28-35(41)38-36(30-37(42)44-38)45-47(40(4,5)6,33-24-15-9-16-25-33)34-26-17-10-18-27-34/h7-18,20-27,35-36,38,41H,19,28-30H2,1-6H3/t35-,36+,38-/m0/s1. The number of hydrogen-bond donors (Lipinski definition) is 1. The minimum absolute atomic E-state index is 0.116. The van der Waals surface area contributed by atoms with Crippen molar-refractivity contribution in [2.45, 2.75) is 89.2 Å². The zero-order valence-electron chi connectivity index (χ0n) is 28.7. The molecule has 248 valence electrons. The lowest BCUT2D eigenvalue weighted by Crippen LogP contribution is -2.68. The molecule has 0 bridgehead atoms. The van der Waals surface area contributed by atoms with Crippen LogP contribution in [0.3, 0.4) is 0 Å². The van der Waals surface area contributed by atoms with E-state index in [0.717, 1.165) is 10.4 Å². The molecule has 1 aliphatic heterocycles. The number of carbonyl (C=O) groups is 1. The van der Waals surface area contributed by atoms with E-state index >= 15 is 0 Å². The Balaban J connectivity index is 1.38. The highest BCUT2D eigenvalue weighted by Crippen LogP contribution is 2.40. The first kappa shape index (κ1) is 35.0. The van der Waals surface area contributed by atoms with Gasteiger partial charge in [-0.2, -0.15) is 0 Å². The third-order valence-electron chi connectivity index (χ3n) is 9.51. The summed E-state index contributed by atoms with van der Waals surface area (Å²) in [6.45, 7) is 13.9. The van der Waals surface area contributed by atoms with Crippen LogP contribution in [0.5, 0.6) is 0 Å². The number of benzene rings is 4. The van der Waals surface area contributed by atoms with Crippen molar-refractivity contribution in [2.75, 3.05) is 6.61 Å². The fraction of sp³-hybridized carbons (Fsp3) is 0.375. The van der Waals surface area contributed by atoms with Crippen LogP contribution >= 0.6 is 0 Å². The van der Waals surface area contributed by atoms with Crippen molar-refractivity contribution in [3.8, 4) is 0 Å². The van der Waals surface area contributed by atoms with Gasteiger partial charge in [0, 0.05) is 6.61 Å². The summed E-state index contributed by atoms with van der Waals surface area (Å²) in [6.07, 6.45) is -1.04. The fourth-order valence-corrected chi connectivity index (χ4v) is 16.6. The predicted molar refractivity (Wildman–Crippen MR) is 196 cm³/mol. The predicted octanol–water partition coefficient (Wildman–Crippen LogP) is 5.96. The molecule has 5 rings (SSSR count). The van der Waals surface area contributed by atoms with Crippen LogP contribution in [0.4, 0.5) is 0 Å². The minimum atomic E-state index is -2.95. The molecule has 0 unspecified atom stereocenters. The minimum Gasteiger partial charge on any atom is -0.457 e. The SMILES string of the molecule is CC(C)(C)[Si](OCCC[C@H](O)[C@@H]1OC(=O)C[C@H]1O[Si](c1ccccc1)(c1ccccc1)C(C)(C)C)(c1ccccc1)c1ccccc1. The Morgan fingerprint density at radius 3 is 1.45 bits per heavy atom.